The zero-order valence-electron chi connectivity index (χ0n) is 22.8. The number of fused-ring (bicyclic) bond motifs is 2. The minimum Gasteiger partial charge on any atom is -0.507 e. The largest absolute Gasteiger partial charge is 0.507 e. The number of ether oxygens (including phenoxy) is 1. The lowest BCUT2D eigenvalue weighted by molar-refractivity contribution is -0.138. The van der Waals surface area contributed by atoms with Crippen molar-refractivity contribution >= 4 is 28.7 Å². The molecule has 0 bridgehead atoms. The summed E-state index contributed by atoms with van der Waals surface area (Å²) in [6.45, 7) is 1.82. The third kappa shape index (κ3) is 5.27. The molecule has 3 aromatic rings. The maximum atomic E-state index is 13.0. The van der Waals surface area contributed by atoms with Crippen molar-refractivity contribution in [1.29, 1.82) is 0 Å². The lowest BCUT2D eigenvalue weighted by atomic mass is 9.68. The lowest BCUT2D eigenvalue weighted by Gasteiger charge is -2.36. The van der Waals surface area contributed by atoms with Crippen LogP contribution < -0.4 is 4.74 Å². The first kappa shape index (κ1) is 27.6. The molecule has 40 heavy (non-hydrogen) atoms. The van der Waals surface area contributed by atoms with E-state index in [1.54, 1.807) is 6.07 Å². The minimum atomic E-state index is -0.916. The van der Waals surface area contributed by atoms with Crippen LogP contribution in [0.15, 0.2) is 83.4 Å². The molecule has 5 rings (SSSR count). The molecule has 7 heteroatoms. The number of aliphatic hydroxyl groups is 2. The van der Waals surface area contributed by atoms with Crippen LogP contribution >= 0.6 is 0 Å². The summed E-state index contributed by atoms with van der Waals surface area (Å²) >= 11 is 0. The van der Waals surface area contributed by atoms with Crippen LogP contribution in [0.1, 0.15) is 31.7 Å². The van der Waals surface area contributed by atoms with E-state index in [9.17, 15) is 24.9 Å². The van der Waals surface area contributed by atoms with Crippen LogP contribution in [0, 0.1) is 17.8 Å². The monoisotopic (exact) mass is 541 g/mol. The second-order valence-electron chi connectivity index (χ2n) is 10.8. The van der Waals surface area contributed by atoms with E-state index in [2.05, 4.69) is 6.08 Å². The highest BCUT2D eigenvalue weighted by atomic mass is 16.5. The number of aromatic hydroxyl groups is 1. The Bertz CT molecular complexity index is 1480. The molecule has 0 radical (unpaired) electrons. The number of imide groups is 1. The Morgan fingerprint density at radius 2 is 1.73 bits per heavy atom. The molecule has 208 valence electrons. The number of rotatable bonds is 9. The quantitative estimate of drug-likeness (QED) is 0.268. The van der Waals surface area contributed by atoms with Crippen molar-refractivity contribution in [2.24, 2.45) is 17.8 Å². The molecule has 7 nitrogen and oxygen atoms in total. The highest BCUT2D eigenvalue weighted by molar-refractivity contribution is 6.05. The fourth-order valence-corrected chi connectivity index (χ4v) is 6.23. The van der Waals surface area contributed by atoms with Crippen LogP contribution in [0.4, 0.5) is 0 Å². The van der Waals surface area contributed by atoms with Gasteiger partial charge < -0.3 is 20.1 Å². The summed E-state index contributed by atoms with van der Waals surface area (Å²) < 4.78 is 6.02. The van der Waals surface area contributed by atoms with E-state index in [4.69, 9.17) is 4.74 Å². The number of allylic oxidation sites excluding steroid dienone is 1. The molecule has 3 N–H and O–H groups in total. The summed E-state index contributed by atoms with van der Waals surface area (Å²) in [5.74, 6) is -1.57. The van der Waals surface area contributed by atoms with E-state index in [0.29, 0.717) is 30.6 Å². The number of hydrogen-bond donors (Lipinski definition) is 3. The first-order chi connectivity index (χ1) is 19.3. The number of para-hydroxylation sites is 1. The molecule has 1 saturated heterocycles. The number of phenols is 1. The summed E-state index contributed by atoms with van der Waals surface area (Å²) in [5, 5.41) is 33.9. The molecule has 1 aliphatic heterocycles. The molecule has 1 fully saturated rings. The molecular formula is C33H35NO6. The molecule has 1 aliphatic carbocycles. The number of nitrogens with zero attached hydrogens (tertiary/aromatic N) is 1. The van der Waals surface area contributed by atoms with Gasteiger partial charge in [0.2, 0.25) is 11.8 Å². The summed E-state index contributed by atoms with van der Waals surface area (Å²) in [6.07, 6.45) is 2.40. The van der Waals surface area contributed by atoms with Crippen molar-refractivity contribution in [3.05, 3.63) is 89.0 Å². The lowest BCUT2D eigenvalue weighted by Crippen LogP contribution is -2.39. The molecular weight excluding hydrogens is 506 g/mol. The van der Waals surface area contributed by atoms with Gasteiger partial charge in [0.15, 0.2) is 0 Å². The number of likely N-dealkylation sites (tertiary alicyclic amines) is 1. The van der Waals surface area contributed by atoms with Gasteiger partial charge in [0, 0.05) is 18.4 Å². The van der Waals surface area contributed by atoms with Gasteiger partial charge in [-0.2, -0.15) is 0 Å². The van der Waals surface area contributed by atoms with Gasteiger partial charge in [-0.1, -0.05) is 60.2 Å². The summed E-state index contributed by atoms with van der Waals surface area (Å²) in [5.41, 5.74) is 3.39. The van der Waals surface area contributed by atoms with E-state index in [1.165, 1.54) is 7.05 Å². The molecule has 0 saturated carbocycles. The Labute approximate surface area is 234 Å². The van der Waals surface area contributed by atoms with E-state index in [0.717, 1.165) is 32.4 Å². The minimum absolute atomic E-state index is 0.162. The van der Waals surface area contributed by atoms with Crippen molar-refractivity contribution in [2.45, 2.75) is 32.3 Å². The molecule has 2 aliphatic rings. The van der Waals surface area contributed by atoms with E-state index < -0.39 is 23.9 Å². The number of hydrogen-bond acceptors (Lipinski definition) is 6. The number of amides is 2. The Kier molecular flexibility index (Phi) is 8.05. The third-order valence-electron chi connectivity index (χ3n) is 8.27. The molecule has 0 aromatic heterocycles. The highest BCUT2D eigenvalue weighted by Crippen LogP contribution is 2.46. The maximum Gasteiger partial charge on any atom is 0.233 e. The van der Waals surface area contributed by atoms with Gasteiger partial charge in [-0.15, -0.1) is 0 Å². The van der Waals surface area contributed by atoms with Crippen molar-refractivity contribution in [3.8, 4) is 11.5 Å². The second-order valence-corrected chi connectivity index (χ2v) is 10.8. The second kappa shape index (κ2) is 11.7. The first-order valence-corrected chi connectivity index (χ1v) is 13.7. The fourth-order valence-electron chi connectivity index (χ4n) is 6.23. The Hall–Kier alpha value is -3.94. The smallest absolute Gasteiger partial charge is 0.233 e. The van der Waals surface area contributed by atoms with Gasteiger partial charge in [-0.05, 0) is 66.5 Å². The maximum absolute atomic E-state index is 13.0. The Morgan fingerprint density at radius 1 is 1.02 bits per heavy atom. The van der Waals surface area contributed by atoms with Gasteiger partial charge in [0.1, 0.15) is 18.1 Å². The number of aliphatic hydroxyl groups excluding tert-OH is 2. The summed E-state index contributed by atoms with van der Waals surface area (Å²) in [4.78, 5) is 27.0. The van der Waals surface area contributed by atoms with Crippen LogP contribution in [0.25, 0.3) is 16.8 Å². The normalized spacial score (nSPS) is 22.1. The molecule has 0 unspecified atom stereocenters. The molecule has 0 spiro atoms. The number of benzene rings is 3. The van der Waals surface area contributed by atoms with Crippen LogP contribution in [0.3, 0.4) is 0 Å². The fraction of sp³-hybridized carbons (Fsp3) is 0.333. The van der Waals surface area contributed by atoms with E-state index >= 15 is 0 Å². The van der Waals surface area contributed by atoms with Gasteiger partial charge in [0.05, 0.1) is 24.5 Å². The van der Waals surface area contributed by atoms with Gasteiger partial charge in [0.25, 0.3) is 0 Å². The van der Waals surface area contributed by atoms with Crippen molar-refractivity contribution in [3.63, 3.8) is 0 Å². The van der Waals surface area contributed by atoms with Crippen LogP contribution in [0.2, 0.25) is 0 Å². The van der Waals surface area contributed by atoms with Gasteiger partial charge >= 0.3 is 0 Å². The SMILES string of the molecule is C/C(=C\c1ccc(O)c2ccccc12)CC[C@@H](O)C1=C(COc2ccccc2)C[C@H]2C(=O)N(C)C(=O)[C@H]2[C@H]1CO. The molecule has 3 aromatic carbocycles. The predicted molar refractivity (Wildman–Crippen MR) is 153 cm³/mol. The van der Waals surface area contributed by atoms with Gasteiger partial charge in [-0.3, -0.25) is 14.5 Å². The van der Waals surface area contributed by atoms with E-state index in [-0.39, 0.29) is 30.8 Å². The molecule has 1 heterocycles. The van der Waals surface area contributed by atoms with Crippen molar-refractivity contribution in [2.75, 3.05) is 20.3 Å². The predicted octanol–water partition coefficient (Wildman–Crippen LogP) is 4.71. The zero-order valence-corrected chi connectivity index (χ0v) is 22.8. The molecule has 4 atom stereocenters. The van der Waals surface area contributed by atoms with Crippen molar-refractivity contribution in [1.82, 2.24) is 4.90 Å². The molecule has 2 amide bonds. The van der Waals surface area contributed by atoms with Gasteiger partial charge in [-0.25, -0.2) is 0 Å². The number of phenolic OH excluding ortho intramolecular Hbond substituents is 1. The zero-order chi connectivity index (χ0) is 28.4. The van der Waals surface area contributed by atoms with E-state index in [1.807, 2.05) is 67.6 Å². The van der Waals surface area contributed by atoms with Crippen molar-refractivity contribution < 1.29 is 29.6 Å². The summed E-state index contributed by atoms with van der Waals surface area (Å²) in [7, 11) is 1.48. The van der Waals surface area contributed by atoms with Crippen LogP contribution in [-0.4, -0.2) is 58.4 Å². The van der Waals surface area contributed by atoms with Crippen LogP contribution in [0.5, 0.6) is 11.5 Å². The number of carbonyl (C=O) groups is 2. The Balaban J connectivity index is 1.41. The Morgan fingerprint density at radius 3 is 2.45 bits per heavy atom. The average molecular weight is 542 g/mol. The summed E-state index contributed by atoms with van der Waals surface area (Å²) in [6, 6.07) is 20.5. The average Bonchev–Trinajstić information content (AvgIpc) is 3.19. The standard InChI is InChI=1S/C33H35NO6/c1-20(16-21-13-15-28(36)25-11-7-6-10-24(21)25)12-14-29(37)30-22(19-40-23-8-4-3-5-9-23)17-26-31(27(30)18-35)33(39)34(2)32(26)38/h3-11,13,15-16,26-27,29,31,35-37H,12,14,17-19H2,1-2H3/b20-16+/t26-,27+,29-,31-/m1/s1. The third-order valence-corrected chi connectivity index (χ3v) is 8.27. The van der Waals surface area contributed by atoms with Crippen LogP contribution in [-0.2, 0) is 9.59 Å². The number of carbonyl (C=O) groups excluding carboxylic acids is 2. The highest BCUT2D eigenvalue weighted by Gasteiger charge is 2.53. The topological polar surface area (TPSA) is 107 Å². The first-order valence-electron chi connectivity index (χ1n) is 13.7.